The molecule has 0 atom stereocenters. The predicted octanol–water partition coefficient (Wildman–Crippen LogP) is 3.27. The molecule has 2 N–H and O–H groups in total. The van der Waals surface area contributed by atoms with Crippen LogP contribution in [0.15, 0.2) is 47.4 Å². The maximum atomic E-state index is 12.8. The van der Waals surface area contributed by atoms with E-state index in [0.29, 0.717) is 18.9 Å². The fourth-order valence-corrected chi connectivity index (χ4v) is 3.72. The van der Waals surface area contributed by atoms with Gasteiger partial charge in [-0.3, -0.25) is 9.59 Å². The third-order valence-corrected chi connectivity index (χ3v) is 5.50. The Kier molecular flexibility index (Phi) is 6.29. The fourth-order valence-electron chi connectivity index (χ4n) is 3.72. The molecule has 1 aliphatic rings. The zero-order valence-corrected chi connectivity index (χ0v) is 16.1. The van der Waals surface area contributed by atoms with Crippen molar-refractivity contribution in [3.05, 3.63) is 69.6 Å². The first-order chi connectivity index (χ1) is 13.5. The van der Waals surface area contributed by atoms with Crippen molar-refractivity contribution in [2.24, 2.45) is 5.92 Å². The second-order valence-electron chi connectivity index (χ2n) is 7.56. The second kappa shape index (κ2) is 8.87. The molecule has 2 aromatic rings. The van der Waals surface area contributed by atoms with Crippen molar-refractivity contribution in [2.45, 2.75) is 45.1 Å². The smallest absolute Gasteiger partial charge is 0.335 e. The van der Waals surface area contributed by atoms with Crippen molar-refractivity contribution < 1.29 is 14.7 Å². The lowest BCUT2D eigenvalue weighted by Gasteiger charge is -2.28. The lowest BCUT2D eigenvalue weighted by molar-refractivity contribution is 0.0696. The summed E-state index contributed by atoms with van der Waals surface area (Å²) in [4.78, 5) is 36.1. The number of hydrogen-bond donors (Lipinski definition) is 2. The summed E-state index contributed by atoms with van der Waals surface area (Å²) in [5.41, 5.74) is 1.09. The zero-order valence-electron chi connectivity index (χ0n) is 16.1. The Bertz CT molecular complexity index is 893. The highest BCUT2D eigenvalue weighted by Crippen LogP contribution is 2.30. The van der Waals surface area contributed by atoms with Crippen molar-refractivity contribution in [3.8, 4) is 0 Å². The summed E-state index contributed by atoms with van der Waals surface area (Å²) in [6, 6.07) is 10.1. The molecule has 1 amide bonds. The lowest BCUT2D eigenvalue weighted by Crippen LogP contribution is -2.35. The van der Waals surface area contributed by atoms with Gasteiger partial charge in [0.2, 0.25) is 0 Å². The summed E-state index contributed by atoms with van der Waals surface area (Å²) >= 11 is 0. The van der Waals surface area contributed by atoms with Crippen molar-refractivity contribution >= 4 is 11.9 Å². The van der Waals surface area contributed by atoms with Gasteiger partial charge in [-0.2, -0.15) is 0 Å². The topological polar surface area (TPSA) is 88.4 Å². The summed E-state index contributed by atoms with van der Waals surface area (Å²) in [5, 5.41) is 11.7. The van der Waals surface area contributed by atoms with Gasteiger partial charge in [-0.1, -0.05) is 19.1 Å². The Hall–Kier alpha value is -2.89. The van der Waals surface area contributed by atoms with Crippen LogP contribution in [0.2, 0.25) is 0 Å². The highest BCUT2D eigenvalue weighted by Gasteiger charge is 2.22. The molecule has 28 heavy (non-hydrogen) atoms. The van der Waals surface area contributed by atoms with Crippen LogP contribution < -0.4 is 10.9 Å². The summed E-state index contributed by atoms with van der Waals surface area (Å²) in [6.45, 7) is 2.61. The van der Waals surface area contributed by atoms with Crippen LogP contribution in [0, 0.1) is 5.92 Å². The standard InChI is InChI=1S/C22H26N2O4/c1-15-4-10-18(11-5-15)24-14-2-3-19(21(24)26)20(25)23-13-12-16-6-8-17(9-7-16)22(27)28/h2-3,6-9,14-15,18H,4-5,10-13H2,1H3,(H,23,25)(H,27,28). The van der Waals surface area contributed by atoms with Crippen LogP contribution in [0.3, 0.4) is 0 Å². The van der Waals surface area contributed by atoms with Crippen LogP contribution in [-0.2, 0) is 6.42 Å². The van der Waals surface area contributed by atoms with E-state index in [1.165, 1.54) is 0 Å². The van der Waals surface area contributed by atoms with Gasteiger partial charge >= 0.3 is 5.97 Å². The minimum absolute atomic E-state index is 0.169. The molecule has 1 aliphatic carbocycles. The molecule has 3 rings (SSSR count). The molecular formula is C22H26N2O4. The molecule has 148 valence electrons. The summed E-state index contributed by atoms with van der Waals surface area (Å²) in [5.74, 6) is -0.638. The molecule has 6 nitrogen and oxygen atoms in total. The number of benzene rings is 1. The zero-order chi connectivity index (χ0) is 20.1. The highest BCUT2D eigenvalue weighted by atomic mass is 16.4. The molecule has 0 unspecified atom stereocenters. The second-order valence-corrected chi connectivity index (χ2v) is 7.56. The quantitative estimate of drug-likeness (QED) is 0.803. The molecule has 1 saturated carbocycles. The molecule has 1 aromatic carbocycles. The number of hydrogen-bond acceptors (Lipinski definition) is 3. The number of pyridine rings is 1. The lowest BCUT2D eigenvalue weighted by atomic mass is 9.87. The van der Waals surface area contributed by atoms with E-state index in [0.717, 1.165) is 31.2 Å². The number of carboxylic acids is 1. The normalized spacial score (nSPS) is 19.2. The number of carboxylic acid groups (broad SMARTS) is 1. The van der Waals surface area contributed by atoms with Gasteiger partial charge in [0.25, 0.3) is 11.5 Å². The minimum atomic E-state index is -0.965. The van der Waals surface area contributed by atoms with E-state index in [2.05, 4.69) is 12.2 Å². The third kappa shape index (κ3) is 4.68. The molecule has 0 spiro atoms. The first kappa shape index (κ1) is 19.9. The summed E-state index contributed by atoms with van der Waals surface area (Å²) < 4.78 is 1.71. The Morgan fingerprint density at radius 2 is 1.79 bits per heavy atom. The number of aromatic nitrogens is 1. The van der Waals surface area contributed by atoms with Crippen LogP contribution in [-0.4, -0.2) is 28.1 Å². The molecule has 1 fully saturated rings. The number of aromatic carboxylic acids is 1. The van der Waals surface area contributed by atoms with Gasteiger partial charge in [0.05, 0.1) is 5.56 Å². The van der Waals surface area contributed by atoms with Gasteiger partial charge < -0.3 is 15.0 Å². The molecule has 0 bridgehead atoms. The van der Waals surface area contributed by atoms with E-state index in [9.17, 15) is 14.4 Å². The van der Waals surface area contributed by atoms with Crippen LogP contribution in [0.4, 0.5) is 0 Å². The summed E-state index contributed by atoms with van der Waals surface area (Å²) in [7, 11) is 0. The average Bonchev–Trinajstić information content (AvgIpc) is 2.69. The molecule has 1 heterocycles. The summed E-state index contributed by atoms with van der Waals surface area (Å²) in [6.07, 6.45) is 6.50. The van der Waals surface area contributed by atoms with Crippen LogP contribution in [0.25, 0.3) is 0 Å². The number of carbonyl (C=O) groups is 2. The largest absolute Gasteiger partial charge is 0.478 e. The molecule has 0 saturated heterocycles. The number of amides is 1. The van der Waals surface area contributed by atoms with Crippen molar-refractivity contribution in [1.82, 2.24) is 9.88 Å². The van der Waals surface area contributed by atoms with Gasteiger partial charge in [0.15, 0.2) is 0 Å². The van der Waals surface area contributed by atoms with E-state index < -0.39 is 5.97 Å². The molecular weight excluding hydrogens is 356 g/mol. The number of rotatable bonds is 6. The maximum absolute atomic E-state index is 12.8. The number of nitrogens with zero attached hydrogens (tertiary/aromatic N) is 1. The first-order valence-corrected chi connectivity index (χ1v) is 9.77. The Morgan fingerprint density at radius 3 is 2.43 bits per heavy atom. The van der Waals surface area contributed by atoms with Crippen molar-refractivity contribution in [3.63, 3.8) is 0 Å². The fraction of sp³-hybridized carbons (Fsp3) is 0.409. The van der Waals surface area contributed by atoms with E-state index in [1.807, 2.05) is 0 Å². The SMILES string of the molecule is CC1CCC(n2cccc(C(=O)NCCc3ccc(C(=O)O)cc3)c2=O)CC1. The Morgan fingerprint density at radius 1 is 1.11 bits per heavy atom. The molecule has 6 heteroatoms. The molecule has 0 aliphatic heterocycles. The van der Waals surface area contributed by atoms with Crippen molar-refractivity contribution in [1.29, 1.82) is 0 Å². The van der Waals surface area contributed by atoms with Crippen LogP contribution >= 0.6 is 0 Å². The molecule has 1 aromatic heterocycles. The number of carbonyl (C=O) groups excluding carboxylic acids is 1. The molecule has 0 radical (unpaired) electrons. The van der Waals surface area contributed by atoms with E-state index in [1.54, 1.807) is 47.2 Å². The maximum Gasteiger partial charge on any atom is 0.335 e. The predicted molar refractivity (Wildman–Crippen MR) is 107 cm³/mol. The van der Waals surface area contributed by atoms with Crippen LogP contribution in [0.1, 0.15) is 64.9 Å². The van der Waals surface area contributed by atoms with Crippen molar-refractivity contribution in [2.75, 3.05) is 6.54 Å². The van der Waals surface area contributed by atoms with E-state index >= 15 is 0 Å². The van der Waals surface area contributed by atoms with Gasteiger partial charge in [-0.15, -0.1) is 0 Å². The first-order valence-electron chi connectivity index (χ1n) is 9.77. The Labute approximate surface area is 164 Å². The van der Waals surface area contributed by atoms with Gasteiger partial charge in [0.1, 0.15) is 5.56 Å². The third-order valence-electron chi connectivity index (χ3n) is 5.50. The van der Waals surface area contributed by atoms with Gasteiger partial charge in [-0.25, -0.2) is 4.79 Å². The van der Waals surface area contributed by atoms with Gasteiger partial charge in [0, 0.05) is 18.8 Å². The van der Waals surface area contributed by atoms with Gasteiger partial charge in [-0.05, 0) is 67.9 Å². The monoisotopic (exact) mass is 382 g/mol. The van der Waals surface area contributed by atoms with E-state index in [4.69, 9.17) is 5.11 Å². The minimum Gasteiger partial charge on any atom is -0.478 e. The highest BCUT2D eigenvalue weighted by molar-refractivity contribution is 5.93. The Balaban J connectivity index is 1.60. The van der Waals surface area contributed by atoms with E-state index in [-0.39, 0.29) is 28.6 Å². The van der Waals surface area contributed by atoms with Crippen LogP contribution in [0.5, 0.6) is 0 Å². The average molecular weight is 382 g/mol. The number of nitrogens with one attached hydrogen (secondary N) is 1.